The van der Waals surface area contributed by atoms with Gasteiger partial charge in [0.2, 0.25) is 0 Å². The SMILES string of the molecule is Cc1cnc(Cl)c(NC2CCc3cc(N)ccc32)c1. The molecule has 0 saturated heterocycles. The number of nitrogens with one attached hydrogen (secondary N) is 1. The normalized spacial score (nSPS) is 17.3. The molecule has 0 bridgehead atoms. The van der Waals surface area contributed by atoms with Crippen molar-refractivity contribution in [3.63, 3.8) is 0 Å². The van der Waals surface area contributed by atoms with E-state index in [1.807, 2.05) is 19.1 Å². The molecule has 1 heterocycles. The summed E-state index contributed by atoms with van der Waals surface area (Å²) >= 11 is 6.13. The zero-order valence-corrected chi connectivity index (χ0v) is 11.5. The third-order valence-electron chi connectivity index (χ3n) is 3.55. The minimum absolute atomic E-state index is 0.289. The lowest BCUT2D eigenvalue weighted by Crippen LogP contribution is -2.08. The van der Waals surface area contributed by atoms with Gasteiger partial charge in [-0.05, 0) is 54.7 Å². The highest BCUT2D eigenvalue weighted by Gasteiger charge is 2.23. The Morgan fingerprint density at radius 2 is 2.21 bits per heavy atom. The van der Waals surface area contributed by atoms with Gasteiger partial charge in [0.25, 0.3) is 0 Å². The minimum atomic E-state index is 0.289. The van der Waals surface area contributed by atoms with Crippen molar-refractivity contribution in [2.45, 2.75) is 25.8 Å². The number of aromatic nitrogens is 1. The van der Waals surface area contributed by atoms with E-state index in [1.165, 1.54) is 11.1 Å². The second kappa shape index (κ2) is 4.74. The molecule has 1 aromatic carbocycles. The van der Waals surface area contributed by atoms with Crippen molar-refractivity contribution in [3.8, 4) is 0 Å². The van der Waals surface area contributed by atoms with E-state index in [0.29, 0.717) is 5.15 Å². The van der Waals surface area contributed by atoms with Gasteiger partial charge in [-0.15, -0.1) is 0 Å². The molecule has 98 valence electrons. The summed E-state index contributed by atoms with van der Waals surface area (Å²) in [6, 6.07) is 8.44. The number of nitrogens with zero attached hydrogens (tertiary/aromatic N) is 1. The Kier molecular flexibility index (Phi) is 3.07. The van der Waals surface area contributed by atoms with Crippen LogP contribution >= 0.6 is 11.6 Å². The Labute approximate surface area is 117 Å². The molecule has 0 spiro atoms. The lowest BCUT2D eigenvalue weighted by atomic mass is 10.1. The predicted molar refractivity (Wildman–Crippen MR) is 79.5 cm³/mol. The molecule has 1 aliphatic rings. The lowest BCUT2D eigenvalue weighted by molar-refractivity contribution is 0.761. The highest BCUT2D eigenvalue weighted by molar-refractivity contribution is 6.32. The van der Waals surface area contributed by atoms with Crippen LogP contribution in [0.3, 0.4) is 0 Å². The molecule has 0 saturated carbocycles. The quantitative estimate of drug-likeness (QED) is 0.648. The fraction of sp³-hybridized carbons (Fsp3) is 0.267. The van der Waals surface area contributed by atoms with Gasteiger partial charge in [0.15, 0.2) is 5.15 Å². The molecule has 1 aromatic heterocycles. The van der Waals surface area contributed by atoms with E-state index >= 15 is 0 Å². The third-order valence-corrected chi connectivity index (χ3v) is 3.85. The van der Waals surface area contributed by atoms with E-state index in [4.69, 9.17) is 17.3 Å². The van der Waals surface area contributed by atoms with Crippen LogP contribution in [0.15, 0.2) is 30.5 Å². The van der Waals surface area contributed by atoms with E-state index < -0.39 is 0 Å². The number of anilines is 2. The van der Waals surface area contributed by atoms with E-state index in [9.17, 15) is 0 Å². The van der Waals surface area contributed by atoms with Gasteiger partial charge in [-0.1, -0.05) is 17.7 Å². The van der Waals surface area contributed by atoms with Gasteiger partial charge in [-0.25, -0.2) is 4.98 Å². The number of pyridine rings is 1. The standard InChI is InChI=1S/C15H16ClN3/c1-9-6-14(15(16)18-8-9)19-13-5-2-10-7-11(17)3-4-12(10)13/h3-4,6-8,13,19H,2,5,17H2,1H3. The zero-order valence-electron chi connectivity index (χ0n) is 10.8. The molecule has 0 aliphatic heterocycles. The number of halogens is 1. The molecule has 1 aliphatic carbocycles. The topological polar surface area (TPSA) is 50.9 Å². The van der Waals surface area contributed by atoms with Crippen LogP contribution in [0.1, 0.15) is 29.2 Å². The Morgan fingerprint density at radius 3 is 3.05 bits per heavy atom. The average molecular weight is 274 g/mol. The van der Waals surface area contributed by atoms with Crippen LogP contribution in [-0.2, 0) is 6.42 Å². The monoisotopic (exact) mass is 273 g/mol. The summed E-state index contributed by atoms with van der Waals surface area (Å²) in [5.41, 5.74) is 11.3. The van der Waals surface area contributed by atoms with Crippen LogP contribution < -0.4 is 11.1 Å². The van der Waals surface area contributed by atoms with Crippen LogP contribution in [0.25, 0.3) is 0 Å². The number of nitrogens with two attached hydrogens (primary N) is 1. The maximum absolute atomic E-state index is 6.13. The summed E-state index contributed by atoms with van der Waals surface area (Å²) in [5, 5.41) is 4.01. The van der Waals surface area contributed by atoms with Crippen LogP contribution in [0.5, 0.6) is 0 Å². The minimum Gasteiger partial charge on any atom is -0.399 e. The second-order valence-corrected chi connectivity index (χ2v) is 5.40. The number of aryl methyl sites for hydroxylation is 2. The fourth-order valence-corrected chi connectivity index (χ4v) is 2.79. The first-order valence-corrected chi connectivity index (χ1v) is 6.78. The molecule has 3 N–H and O–H groups in total. The number of rotatable bonds is 2. The van der Waals surface area contributed by atoms with E-state index in [1.54, 1.807) is 6.20 Å². The molecule has 0 amide bonds. The van der Waals surface area contributed by atoms with Gasteiger partial charge in [0, 0.05) is 11.9 Å². The smallest absolute Gasteiger partial charge is 0.152 e. The largest absolute Gasteiger partial charge is 0.399 e. The first-order valence-electron chi connectivity index (χ1n) is 6.40. The first-order chi connectivity index (χ1) is 9.13. The van der Waals surface area contributed by atoms with Crippen molar-refractivity contribution in [3.05, 3.63) is 52.3 Å². The highest BCUT2D eigenvalue weighted by Crippen LogP contribution is 2.36. The van der Waals surface area contributed by atoms with Crippen molar-refractivity contribution in [1.82, 2.24) is 4.98 Å². The lowest BCUT2D eigenvalue weighted by Gasteiger charge is -2.16. The van der Waals surface area contributed by atoms with Crippen molar-refractivity contribution in [2.24, 2.45) is 0 Å². The summed E-state index contributed by atoms with van der Waals surface area (Å²) in [5.74, 6) is 0. The predicted octanol–water partition coefficient (Wildman–Crippen LogP) is 3.73. The van der Waals surface area contributed by atoms with Crippen LogP contribution in [0, 0.1) is 6.92 Å². The fourth-order valence-electron chi connectivity index (χ4n) is 2.63. The number of hydrogen-bond donors (Lipinski definition) is 2. The average Bonchev–Trinajstić information content (AvgIpc) is 2.76. The number of hydrogen-bond acceptors (Lipinski definition) is 3. The molecule has 4 heteroatoms. The number of nitrogen functional groups attached to an aromatic ring is 1. The molecule has 1 unspecified atom stereocenters. The summed E-state index contributed by atoms with van der Waals surface area (Å²) in [7, 11) is 0. The van der Waals surface area contributed by atoms with Crippen LogP contribution in [0.2, 0.25) is 5.15 Å². The maximum Gasteiger partial charge on any atom is 0.152 e. The van der Waals surface area contributed by atoms with Crippen molar-refractivity contribution < 1.29 is 0 Å². The molecule has 0 fully saturated rings. The second-order valence-electron chi connectivity index (χ2n) is 5.04. The summed E-state index contributed by atoms with van der Waals surface area (Å²) in [6.45, 7) is 2.01. The van der Waals surface area contributed by atoms with Crippen LogP contribution in [-0.4, -0.2) is 4.98 Å². The molecule has 3 nitrogen and oxygen atoms in total. The van der Waals surface area contributed by atoms with Crippen molar-refractivity contribution in [1.29, 1.82) is 0 Å². The van der Waals surface area contributed by atoms with Gasteiger partial charge in [0.05, 0.1) is 11.7 Å². The number of fused-ring (bicyclic) bond motifs is 1. The molecular weight excluding hydrogens is 258 g/mol. The third kappa shape index (κ3) is 2.38. The molecule has 0 radical (unpaired) electrons. The van der Waals surface area contributed by atoms with Crippen molar-refractivity contribution in [2.75, 3.05) is 11.1 Å². The van der Waals surface area contributed by atoms with Gasteiger partial charge in [-0.2, -0.15) is 0 Å². The Bertz CT molecular complexity index is 625. The Balaban J connectivity index is 1.88. The van der Waals surface area contributed by atoms with Gasteiger partial charge >= 0.3 is 0 Å². The zero-order chi connectivity index (χ0) is 13.4. The number of benzene rings is 1. The molecule has 3 rings (SSSR count). The summed E-state index contributed by atoms with van der Waals surface area (Å²) < 4.78 is 0. The Hall–Kier alpha value is -1.74. The van der Waals surface area contributed by atoms with E-state index in [0.717, 1.165) is 29.8 Å². The van der Waals surface area contributed by atoms with Gasteiger partial charge in [0.1, 0.15) is 0 Å². The van der Waals surface area contributed by atoms with Crippen molar-refractivity contribution >= 4 is 23.0 Å². The maximum atomic E-state index is 6.13. The van der Waals surface area contributed by atoms with E-state index in [-0.39, 0.29) is 6.04 Å². The Morgan fingerprint density at radius 1 is 1.37 bits per heavy atom. The van der Waals surface area contributed by atoms with Crippen LogP contribution in [0.4, 0.5) is 11.4 Å². The van der Waals surface area contributed by atoms with Gasteiger partial charge < -0.3 is 11.1 Å². The summed E-state index contributed by atoms with van der Waals surface area (Å²) in [4.78, 5) is 4.17. The molecule has 2 aromatic rings. The first kappa shape index (κ1) is 12.3. The summed E-state index contributed by atoms with van der Waals surface area (Å²) in [6.07, 6.45) is 3.88. The molecule has 1 atom stereocenters. The van der Waals surface area contributed by atoms with E-state index in [2.05, 4.69) is 22.4 Å². The van der Waals surface area contributed by atoms with Gasteiger partial charge in [-0.3, -0.25) is 0 Å². The highest BCUT2D eigenvalue weighted by atomic mass is 35.5. The molecular formula is C15H16ClN3. The molecule has 19 heavy (non-hydrogen) atoms.